The number of pyridine rings is 1. The SMILES string of the molecule is CCOC(=O)c1cc(C[PH](c2ccccc2)(c2ccccc2)c2ccccc2)cnc1OCC. The molecule has 1 heterocycles. The van der Waals surface area contributed by atoms with Crippen molar-refractivity contribution in [2.45, 2.75) is 20.0 Å². The van der Waals surface area contributed by atoms with Crippen molar-refractivity contribution in [1.29, 1.82) is 0 Å². The second kappa shape index (κ2) is 11.1. The van der Waals surface area contributed by atoms with E-state index in [0.717, 1.165) is 11.7 Å². The molecular formula is C29H30NO3P. The fourth-order valence-electron chi connectivity index (χ4n) is 4.48. The van der Waals surface area contributed by atoms with Gasteiger partial charge in [-0.15, -0.1) is 0 Å². The van der Waals surface area contributed by atoms with Gasteiger partial charge in [-0.1, -0.05) is 0 Å². The zero-order valence-corrected chi connectivity index (χ0v) is 20.6. The van der Waals surface area contributed by atoms with Crippen molar-refractivity contribution in [2.75, 3.05) is 13.2 Å². The Kier molecular flexibility index (Phi) is 7.72. The van der Waals surface area contributed by atoms with E-state index in [9.17, 15) is 4.79 Å². The summed E-state index contributed by atoms with van der Waals surface area (Å²) in [5, 5.41) is 3.91. The van der Waals surface area contributed by atoms with E-state index in [1.807, 2.05) is 19.2 Å². The van der Waals surface area contributed by atoms with Crippen molar-refractivity contribution in [3.05, 3.63) is 114 Å². The molecule has 0 unspecified atom stereocenters. The van der Waals surface area contributed by atoms with Crippen LogP contribution in [0.5, 0.6) is 5.88 Å². The fourth-order valence-corrected chi connectivity index (χ4v) is 9.18. The monoisotopic (exact) mass is 471 g/mol. The van der Waals surface area contributed by atoms with Crippen LogP contribution in [0.25, 0.3) is 0 Å². The van der Waals surface area contributed by atoms with Crippen LogP contribution in [0, 0.1) is 0 Å². The summed E-state index contributed by atoms with van der Waals surface area (Å²) in [4.78, 5) is 17.3. The van der Waals surface area contributed by atoms with Gasteiger partial charge in [-0.3, -0.25) is 0 Å². The van der Waals surface area contributed by atoms with Crippen molar-refractivity contribution in [1.82, 2.24) is 4.98 Å². The number of aromatic nitrogens is 1. The van der Waals surface area contributed by atoms with Crippen LogP contribution in [-0.4, -0.2) is 24.2 Å². The van der Waals surface area contributed by atoms with Gasteiger partial charge in [0.25, 0.3) is 0 Å². The van der Waals surface area contributed by atoms with Gasteiger partial charge in [0.05, 0.1) is 0 Å². The summed E-state index contributed by atoms with van der Waals surface area (Å²) in [6.07, 6.45) is 2.58. The molecule has 0 aliphatic heterocycles. The normalized spacial score (nSPS) is 11.6. The number of nitrogens with zero attached hydrogens (tertiary/aromatic N) is 1. The summed E-state index contributed by atoms with van der Waals surface area (Å²) >= 11 is 0. The molecule has 4 rings (SSSR count). The minimum atomic E-state index is -2.51. The van der Waals surface area contributed by atoms with E-state index in [4.69, 9.17) is 9.47 Å². The van der Waals surface area contributed by atoms with E-state index in [0.29, 0.717) is 24.7 Å². The molecule has 0 bridgehead atoms. The summed E-state index contributed by atoms with van der Waals surface area (Å²) < 4.78 is 10.9. The topological polar surface area (TPSA) is 48.4 Å². The molecule has 174 valence electrons. The van der Waals surface area contributed by atoms with Crippen LogP contribution in [0.3, 0.4) is 0 Å². The molecule has 5 heteroatoms. The molecule has 0 spiro atoms. The van der Waals surface area contributed by atoms with E-state index in [1.54, 1.807) is 6.92 Å². The third kappa shape index (κ3) is 4.88. The number of rotatable bonds is 9. The Morgan fingerprint density at radius 3 is 1.71 bits per heavy atom. The molecule has 0 amide bonds. The predicted octanol–water partition coefficient (Wildman–Crippen LogP) is 4.88. The molecule has 34 heavy (non-hydrogen) atoms. The van der Waals surface area contributed by atoms with Crippen LogP contribution in [0.15, 0.2) is 103 Å². The first-order chi connectivity index (χ1) is 16.7. The fraction of sp³-hybridized carbons (Fsp3) is 0.172. The molecule has 0 aliphatic rings. The molecule has 0 aliphatic carbocycles. The third-order valence-corrected chi connectivity index (χ3v) is 10.8. The number of benzene rings is 3. The third-order valence-electron chi connectivity index (χ3n) is 5.95. The van der Waals surface area contributed by atoms with Gasteiger partial charge in [0.2, 0.25) is 0 Å². The zero-order chi connectivity index (χ0) is 23.8. The molecule has 0 N–H and O–H groups in total. The summed E-state index contributed by atoms with van der Waals surface area (Å²) in [5.41, 5.74) is 1.35. The quantitative estimate of drug-likeness (QED) is 0.258. The van der Waals surface area contributed by atoms with Crippen molar-refractivity contribution in [3.8, 4) is 5.88 Å². The molecule has 0 atom stereocenters. The molecule has 0 radical (unpaired) electrons. The zero-order valence-electron chi connectivity index (χ0n) is 19.6. The van der Waals surface area contributed by atoms with E-state index in [2.05, 4.69) is 96.0 Å². The molecule has 3 aromatic carbocycles. The molecule has 4 aromatic rings. The van der Waals surface area contributed by atoms with E-state index >= 15 is 0 Å². The average molecular weight is 472 g/mol. The van der Waals surface area contributed by atoms with Gasteiger partial charge in [0.15, 0.2) is 0 Å². The van der Waals surface area contributed by atoms with Gasteiger partial charge in [-0.05, 0) is 0 Å². The number of ether oxygens (including phenoxy) is 2. The summed E-state index contributed by atoms with van der Waals surface area (Å²) in [7, 11) is -2.51. The molecule has 0 saturated heterocycles. The number of carbonyl (C=O) groups excluding carboxylic acids is 1. The van der Waals surface area contributed by atoms with E-state index in [1.165, 1.54) is 15.9 Å². The Morgan fingerprint density at radius 1 is 0.765 bits per heavy atom. The average Bonchev–Trinajstić information content (AvgIpc) is 2.90. The second-order valence-corrected chi connectivity index (χ2v) is 11.9. The maximum atomic E-state index is 12.7. The first-order valence-electron chi connectivity index (χ1n) is 11.6. The molecule has 0 saturated carbocycles. The molecule has 1 aromatic heterocycles. The Hall–Kier alpha value is -3.49. The van der Waals surface area contributed by atoms with E-state index in [-0.39, 0.29) is 0 Å². The maximum absolute atomic E-state index is 12.7. The van der Waals surface area contributed by atoms with Gasteiger partial charge in [0.1, 0.15) is 0 Å². The van der Waals surface area contributed by atoms with E-state index < -0.39 is 13.2 Å². The number of carbonyl (C=O) groups is 1. The van der Waals surface area contributed by atoms with Gasteiger partial charge < -0.3 is 0 Å². The van der Waals surface area contributed by atoms with Crippen molar-refractivity contribution >= 4 is 29.1 Å². The predicted molar refractivity (Wildman–Crippen MR) is 142 cm³/mol. The number of hydrogen-bond donors (Lipinski definition) is 0. The van der Waals surface area contributed by atoms with Crippen LogP contribution < -0.4 is 20.7 Å². The van der Waals surface area contributed by atoms with Crippen LogP contribution in [0.1, 0.15) is 29.8 Å². The second-order valence-electron chi connectivity index (χ2n) is 8.03. The van der Waals surface area contributed by atoms with Gasteiger partial charge >= 0.3 is 202 Å². The van der Waals surface area contributed by atoms with Crippen molar-refractivity contribution in [3.63, 3.8) is 0 Å². The molecular weight excluding hydrogens is 441 g/mol. The number of esters is 1. The Labute approximate surface area is 201 Å². The number of hydrogen-bond acceptors (Lipinski definition) is 4. The Balaban J connectivity index is 1.92. The Bertz CT molecular complexity index is 1120. The van der Waals surface area contributed by atoms with Gasteiger partial charge in [-0.25, -0.2) is 0 Å². The minimum absolute atomic E-state index is 0.297. The summed E-state index contributed by atoms with van der Waals surface area (Å²) in [5.74, 6) is -0.0946. The van der Waals surface area contributed by atoms with Gasteiger partial charge in [-0.2, -0.15) is 0 Å². The van der Waals surface area contributed by atoms with Crippen LogP contribution in [0.2, 0.25) is 0 Å². The first-order valence-corrected chi connectivity index (χ1v) is 13.8. The first kappa shape index (κ1) is 23.7. The van der Waals surface area contributed by atoms with Crippen molar-refractivity contribution in [2.24, 2.45) is 0 Å². The standard InChI is InChI=1S/C29H30NO3P/c1-3-32-28-27(29(31)33-4-2)20-23(21-30-28)22-34(24-14-8-5-9-15-24,25-16-10-6-11-17-25)26-18-12-7-13-19-26/h5-21,34H,3-4,22H2,1-2H3. The molecule has 0 fully saturated rings. The molecule has 4 nitrogen and oxygen atoms in total. The van der Waals surface area contributed by atoms with Crippen LogP contribution >= 0.6 is 7.26 Å². The van der Waals surface area contributed by atoms with Crippen LogP contribution in [0.4, 0.5) is 0 Å². The Morgan fingerprint density at radius 2 is 1.26 bits per heavy atom. The summed E-state index contributed by atoms with van der Waals surface area (Å²) in [6, 6.07) is 34.0. The summed E-state index contributed by atoms with van der Waals surface area (Å²) in [6.45, 7) is 4.40. The van der Waals surface area contributed by atoms with Gasteiger partial charge in [0, 0.05) is 0 Å². The van der Waals surface area contributed by atoms with Crippen molar-refractivity contribution < 1.29 is 14.3 Å². The van der Waals surface area contributed by atoms with Crippen LogP contribution in [-0.2, 0) is 10.9 Å².